The average Bonchev–Trinajstić information content (AvgIpc) is 3.01. The van der Waals surface area contributed by atoms with Gasteiger partial charge >= 0.3 is 12.0 Å². The van der Waals surface area contributed by atoms with Crippen molar-refractivity contribution < 1.29 is 24.2 Å². The van der Waals surface area contributed by atoms with Gasteiger partial charge in [0.15, 0.2) is 0 Å². The Balaban J connectivity index is 1.81. The van der Waals surface area contributed by atoms with Crippen LogP contribution >= 0.6 is 0 Å². The summed E-state index contributed by atoms with van der Waals surface area (Å²) in [7, 11) is 1.66. The van der Waals surface area contributed by atoms with E-state index >= 15 is 0 Å². The first kappa shape index (κ1) is 19.1. The van der Waals surface area contributed by atoms with Crippen LogP contribution in [0, 0.1) is 5.41 Å². The molecule has 1 aromatic rings. The second kappa shape index (κ2) is 8.71. The average molecular weight is 350 g/mol. The Hall–Kier alpha value is -2.28. The lowest BCUT2D eigenvalue weighted by Crippen LogP contribution is -2.40. The third kappa shape index (κ3) is 5.35. The molecule has 1 aliphatic heterocycles. The minimum atomic E-state index is -0.860. The van der Waals surface area contributed by atoms with Crippen LogP contribution in [0.15, 0.2) is 24.3 Å². The largest absolute Gasteiger partial charge is 0.493 e. The van der Waals surface area contributed by atoms with Crippen LogP contribution in [-0.4, -0.2) is 55.4 Å². The molecule has 138 valence electrons. The number of methoxy groups -OCH3 is 1. The molecule has 0 bridgehead atoms. The maximum absolute atomic E-state index is 12.2. The van der Waals surface area contributed by atoms with E-state index in [1.807, 2.05) is 24.3 Å². The number of hydrogen-bond acceptors (Lipinski definition) is 4. The van der Waals surface area contributed by atoms with E-state index in [9.17, 15) is 14.7 Å². The number of aliphatic carboxylic acids is 1. The molecule has 7 nitrogen and oxygen atoms in total. The lowest BCUT2D eigenvalue weighted by Gasteiger charge is -2.20. The van der Waals surface area contributed by atoms with Crippen LogP contribution in [-0.2, 0) is 16.1 Å². The van der Waals surface area contributed by atoms with Crippen molar-refractivity contribution >= 4 is 12.0 Å². The lowest BCUT2D eigenvalue weighted by atomic mass is 9.90. The zero-order valence-corrected chi connectivity index (χ0v) is 14.8. The molecule has 1 fully saturated rings. The first-order valence-electron chi connectivity index (χ1n) is 8.41. The number of likely N-dealkylation sites (tertiary alicyclic amines) is 1. The molecule has 25 heavy (non-hydrogen) atoms. The topological polar surface area (TPSA) is 88.1 Å². The van der Waals surface area contributed by atoms with Crippen molar-refractivity contribution in [3.8, 4) is 5.75 Å². The van der Waals surface area contributed by atoms with Crippen LogP contribution in [0.4, 0.5) is 4.79 Å². The first-order chi connectivity index (χ1) is 11.9. The Kier molecular flexibility index (Phi) is 6.64. The molecule has 1 unspecified atom stereocenters. The molecule has 0 saturated carbocycles. The summed E-state index contributed by atoms with van der Waals surface area (Å²) in [6.07, 6.45) is 1.29. The Morgan fingerprint density at radius 1 is 1.36 bits per heavy atom. The van der Waals surface area contributed by atoms with E-state index in [1.54, 1.807) is 18.9 Å². The number of ether oxygens (including phenoxy) is 2. The van der Waals surface area contributed by atoms with Gasteiger partial charge in [0.2, 0.25) is 0 Å². The monoisotopic (exact) mass is 350 g/mol. The molecule has 1 heterocycles. The number of nitrogens with one attached hydrogen (secondary N) is 1. The number of carboxylic acid groups (broad SMARTS) is 1. The number of carboxylic acids is 1. The van der Waals surface area contributed by atoms with Gasteiger partial charge in [0, 0.05) is 39.8 Å². The zero-order valence-electron chi connectivity index (χ0n) is 14.8. The molecular formula is C18H26N2O5. The predicted molar refractivity (Wildman–Crippen MR) is 92.6 cm³/mol. The quantitative estimate of drug-likeness (QED) is 0.701. The lowest BCUT2D eigenvalue weighted by molar-refractivity contribution is -0.147. The third-order valence-corrected chi connectivity index (χ3v) is 4.38. The van der Waals surface area contributed by atoms with Crippen LogP contribution in [0.3, 0.4) is 0 Å². The minimum Gasteiger partial charge on any atom is -0.493 e. The van der Waals surface area contributed by atoms with Gasteiger partial charge in [0.05, 0.1) is 12.0 Å². The highest BCUT2D eigenvalue weighted by Crippen LogP contribution is 2.30. The summed E-state index contributed by atoms with van der Waals surface area (Å²) < 4.78 is 10.6. The highest BCUT2D eigenvalue weighted by molar-refractivity contribution is 5.79. The van der Waals surface area contributed by atoms with Crippen LogP contribution < -0.4 is 10.1 Å². The number of amides is 2. The van der Waals surface area contributed by atoms with Gasteiger partial charge in [-0.25, -0.2) is 4.79 Å². The van der Waals surface area contributed by atoms with Gasteiger partial charge in [-0.3, -0.25) is 4.79 Å². The Morgan fingerprint density at radius 3 is 2.84 bits per heavy atom. The van der Waals surface area contributed by atoms with Crippen molar-refractivity contribution in [2.75, 3.05) is 33.4 Å². The zero-order chi connectivity index (χ0) is 18.3. The van der Waals surface area contributed by atoms with Crippen molar-refractivity contribution in [3.05, 3.63) is 29.8 Å². The Bertz CT molecular complexity index is 607. The molecule has 2 amide bonds. The van der Waals surface area contributed by atoms with E-state index < -0.39 is 11.4 Å². The van der Waals surface area contributed by atoms with Gasteiger partial charge in [-0.15, -0.1) is 0 Å². The number of benzene rings is 1. The van der Waals surface area contributed by atoms with Crippen molar-refractivity contribution in [2.24, 2.45) is 5.41 Å². The summed E-state index contributed by atoms with van der Waals surface area (Å²) in [5.41, 5.74) is 0.0746. The van der Waals surface area contributed by atoms with Gasteiger partial charge in [-0.05, 0) is 31.0 Å². The standard InChI is InChI=1S/C18H26N2O5/c1-18(16(21)22)7-8-20(13-18)17(23)19-12-14-5-3-6-15(11-14)25-10-4-9-24-2/h3,5-6,11H,4,7-10,12-13H2,1-2H3,(H,19,23)(H,21,22). The van der Waals surface area contributed by atoms with Crippen molar-refractivity contribution in [1.82, 2.24) is 10.2 Å². The van der Waals surface area contributed by atoms with Gasteiger partial charge in [-0.1, -0.05) is 12.1 Å². The van der Waals surface area contributed by atoms with Crippen LogP contribution in [0.2, 0.25) is 0 Å². The molecule has 0 spiro atoms. The number of carbonyl (C=O) groups is 2. The van der Waals surface area contributed by atoms with E-state index in [-0.39, 0.29) is 12.6 Å². The number of urea groups is 1. The summed E-state index contributed by atoms with van der Waals surface area (Å²) >= 11 is 0. The summed E-state index contributed by atoms with van der Waals surface area (Å²) in [6, 6.07) is 7.31. The normalized spacial score (nSPS) is 19.7. The molecular weight excluding hydrogens is 324 g/mol. The summed E-state index contributed by atoms with van der Waals surface area (Å²) in [5.74, 6) is -0.108. The minimum absolute atomic E-state index is 0.233. The molecule has 1 atom stereocenters. The molecule has 0 aromatic heterocycles. The number of hydrogen-bond donors (Lipinski definition) is 2. The SMILES string of the molecule is COCCCOc1cccc(CNC(=O)N2CCC(C)(C(=O)O)C2)c1. The van der Waals surface area contributed by atoms with Crippen molar-refractivity contribution in [2.45, 2.75) is 26.3 Å². The molecule has 7 heteroatoms. The number of rotatable bonds is 8. The molecule has 0 aliphatic carbocycles. The fourth-order valence-corrected chi connectivity index (χ4v) is 2.74. The maximum atomic E-state index is 12.2. The molecule has 1 aliphatic rings. The van der Waals surface area contributed by atoms with Crippen LogP contribution in [0.1, 0.15) is 25.3 Å². The molecule has 1 aromatic carbocycles. The molecule has 1 saturated heterocycles. The maximum Gasteiger partial charge on any atom is 0.317 e. The smallest absolute Gasteiger partial charge is 0.317 e. The van der Waals surface area contributed by atoms with E-state index in [4.69, 9.17) is 9.47 Å². The van der Waals surface area contributed by atoms with Gasteiger partial charge < -0.3 is 24.8 Å². The third-order valence-electron chi connectivity index (χ3n) is 4.38. The molecule has 2 rings (SSSR count). The Morgan fingerprint density at radius 2 is 2.16 bits per heavy atom. The highest BCUT2D eigenvalue weighted by Gasteiger charge is 2.42. The van der Waals surface area contributed by atoms with Crippen LogP contribution in [0.25, 0.3) is 0 Å². The van der Waals surface area contributed by atoms with E-state index in [0.29, 0.717) is 32.7 Å². The molecule has 0 radical (unpaired) electrons. The summed E-state index contributed by atoms with van der Waals surface area (Å²) in [6.45, 7) is 3.96. The van der Waals surface area contributed by atoms with E-state index in [1.165, 1.54) is 0 Å². The van der Waals surface area contributed by atoms with E-state index in [0.717, 1.165) is 17.7 Å². The summed E-state index contributed by atoms with van der Waals surface area (Å²) in [5, 5.41) is 12.1. The Labute approximate surface area is 147 Å². The van der Waals surface area contributed by atoms with Crippen molar-refractivity contribution in [1.29, 1.82) is 0 Å². The first-order valence-corrected chi connectivity index (χ1v) is 8.41. The van der Waals surface area contributed by atoms with Gasteiger partial charge in [-0.2, -0.15) is 0 Å². The number of nitrogens with zero attached hydrogens (tertiary/aromatic N) is 1. The second-order valence-corrected chi connectivity index (χ2v) is 6.54. The fraction of sp³-hybridized carbons (Fsp3) is 0.556. The fourth-order valence-electron chi connectivity index (χ4n) is 2.74. The van der Waals surface area contributed by atoms with E-state index in [2.05, 4.69) is 5.32 Å². The van der Waals surface area contributed by atoms with Crippen molar-refractivity contribution in [3.63, 3.8) is 0 Å². The second-order valence-electron chi connectivity index (χ2n) is 6.54. The summed E-state index contributed by atoms with van der Waals surface area (Å²) in [4.78, 5) is 25.0. The predicted octanol–water partition coefficient (Wildman–Crippen LogP) is 2.11. The van der Waals surface area contributed by atoms with Gasteiger partial charge in [0.1, 0.15) is 5.75 Å². The van der Waals surface area contributed by atoms with Gasteiger partial charge in [0.25, 0.3) is 0 Å². The highest BCUT2D eigenvalue weighted by atomic mass is 16.5. The van der Waals surface area contributed by atoms with Crippen LogP contribution in [0.5, 0.6) is 5.75 Å². The molecule has 2 N–H and O–H groups in total. The number of carbonyl (C=O) groups excluding carboxylic acids is 1.